The average molecular weight is 674 g/mol. The first-order valence-electron chi connectivity index (χ1n) is 17.7. The summed E-state index contributed by atoms with van der Waals surface area (Å²) in [6.45, 7) is 40.5. The second kappa shape index (κ2) is 9.65. The van der Waals surface area contributed by atoms with Gasteiger partial charge in [-0.25, -0.2) is 0 Å². The Morgan fingerprint density at radius 2 is 0.688 bits per heavy atom. The van der Waals surface area contributed by atoms with Gasteiger partial charge in [0, 0.05) is 0 Å². The zero-order chi connectivity index (χ0) is 36.0. The van der Waals surface area contributed by atoms with Gasteiger partial charge in [-0.2, -0.15) is 0 Å². The monoisotopic (exact) mass is 673 g/mol. The number of benzene rings is 3. The molecular formula is C42H60NO4P. The van der Waals surface area contributed by atoms with Gasteiger partial charge in [0.1, 0.15) is 0 Å². The molecule has 0 aromatic heterocycles. The Morgan fingerprint density at radius 1 is 0.375 bits per heavy atom. The summed E-state index contributed by atoms with van der Waals surface area (Å²) in [4.78, 5) is 0. The fourth-order valence-corrected chi connectivity index (χ4v) is 10.4. The van der Waals surface area contributed by atoms with Gasteiger partial charge in [0.15, 0.2) is 0 Å². The van der Waals surface area contributed by atoms with E-state index in [-0.39, 0.29) is 32.5 Å². The molecular weight excluding hydrogens is 613 g/mol. The van der Waals surface area contributed by atoms with Gasteiger partial charge in [-0.3, -0.25) is 0 Å². The Kier molecular flexibility index (Phi) is 7.03. The predicted molar refractivity (Wildman–Crippen MR) is 203 cm³/mol. The summed E-state index contributed by atoms with van der Waals surface area (Å²) in [5.74, 6) is 2.94. The molecule has 3 aliphatic rings. The van der Waals surface area contributed by atoms with Crippen molar-refractivity contribution in [1.29, 1.82) is 0 Å². The molecule has 0 fully saturated rings. The van der Waals surface area contributed by atoms with E-state index >= 15 is 0 Å². The molecule has 6 rings (SSSR count). The third-order valence-corrected chi connectivity index (χ3v) is 13.0. The van der Waals surface area contributed by atoms with E-state index in [1.165, 1.54) is 16.7 Å². The number of fused-ring (bicyclic) bond motifs is 5. The molecule has 5 nitrogen and oxygen atoms in total. The van der Waals surface area contributed by atoms with E-state index < -0.39 is 7.66 Å². The summed E-state index contributed by atoms with van der Waals surface area (Å²) in [5.41, 5.74) is 7.86. The Morgan fingerprint density at radius 3 is 1.02 bits per heavy atom. The van der Waals surface area contributed by atoms with Crippen molar-refractivity contribution in [3.05, 3.63) is 69.8 Å². The Balaban J connectivity index is 1.76. The van der Waals surface area contributed by atoms with E-state index in [0.29, 0.717) is 11.5 Å². The van der Waals surface area contributed by atoms with Gasteiger partial charge in [0.25, 0.3) is 0 Å². The van der Waals surface area contributed by atoms with Crippen LogP contribution in [0.4, 0.5) is 11.4 Å². The molecule has 0 N–H and O–H groups in total. The molecule has 0 radical (unpaired) electrons. The summed E-state index contributed by atoms with van der Waals surface area (Å²) >= 11 is 0. The van der Waals surface area contributed by atoms with Gasteiger partial charge in [-0.15, -0.1) is 0 Å². The van der Waals surface area contributed by atoms with E-state index in [9.17, 15) is 0 Å². The Bertz CT molecular complexity index is 1750. The van der Waals surface area contributed by atoms with Crippen molar-refractivity contribution in [1.82, 2.24) is 0 Å². The second-order valence-corrected chi connectivity index (χ2v) is 23.2. The van der Waals surface area contributed by atoms with Crippen LogP contribution >= 0.6 is 7.66 Å². The molecule has 48 heavy (non-hydrogen) atoms. The van der Waals surface area contributed by atoms with Gasteiger partial charge in [0.2, 0.25) is 0 Å². The molecule has 3 heterocycles. The molecule has 0 saturated carbocycles. The van der Waals surface area contributed by atoms with Crippen LogP contribution in [0.5, 0.6) is 23.0 Å². The van der Waals surface area contributed by atoms with Crippen molar-refractivity contribution in [2.75, 3.05) is 4.67 Å². The van der Waals surface area contributed by atoms with E-state index in [1.807, 2.05) is 0 Å². The number of anilines is 2. The standard InChI is InChI=1S/C42H60NO4P/c1-37(2,3)25-19-28(40(10,11)12)34-31(22-25)43-32-23-26(38(4,5)6)20-29(41(13,14)15)35(32)46-48(43,45-34)44-33-24-27(39(7,8)9)21-30(36(33)47-48)42(16,17)18/h19-24H,1-18H3. The summed E-state index contributed by atoms with van der Waals surface area (Å²) < 4.78 is 31.9. The zero-order valence-electron chi connectivity index (χ0n) is 33.0. The molecule has 0 atom stereocenters. The predicted octanol–water partition coefficient (Wildman–Crippen LogP) is 13.0. The summed E-state index contributed by atoms with van der Waals surface area (Å²) in [5, 5.41) is 0. The maximum absolute atomic E-state index is 7.43. The van der Waals surface area contributed by atoms with Gasteiger partial charge >= 0.3 is 292 Å². The van der Waals surface area contributed by atoms with Crippen LogP contribution in [0.15, 0.2) is 36.4 Å². The SMILES string of the molecule is CC(C)(C)c1cc2c(c(C(C)(C)C)c1)OP13(O2)Oc2c(cc(C(C)(C)C)cc2C(C)(C)C)N1c1cc(C(C)(C)C)cc(C(C)(C)C)c1O3. The molecule has 3 aromatic carbocycles. The molecule has 0 saturated heterocycles. The van der Waals surface area contributed by atoms with Crippen molar-refractivity contribution in [2.45, 2.75) is 157 Å². The van der Waals surface area contributed by atoms with Crippen LogP contribution in [0.1, 0.15) is 158 Å². The van der Waals surface area contributed by atoms with Crippen LogP contribution in [0.25, 0.3) is 0 Å². The van der Waals surface area contributed by atoms with Crippen molar-refractivity contribution in [3.63, 3.8) is 0 Å². The van der Waals surface area contributed by atoms with Crippen LogP contribution in [-0.2, 0) is 32.5 Å². The molecule has 6 heteroatoms. The third-order valence-electron chi connectivity index (χ3n) is 9.98. The quantitative estimate of drug-likeness (QED) is 0.222. The number of rotatable bonds is 0. The van der Waals surface area contributed by atoms with Gasteiger partial charge < -0.3 is 0 Å². The van der Waals surface area contributed by atoms with Crippen LogP contribution in [0.3, 0.4) is 0 Å². The van der Waals surface area contributed by atoms with Crippen molar-refractivity contribution >= 4 is 19.0 Å². The van der Waals surface area contributed by atoms with Crippen molar-refractivity contribution in [3.8, 4) is 23.0 Å². The van der Waals surface area contributed by atoms with Crippen LogP contribution in [-0.4, -0.2) is 0 Å². The van der Waals surface area contributed by atoms with Crippen LogP contribution < -0.4 is 22.8 Å². The minimum atomic E-state index is -4.67. The Hall–Kier alpha value is -2.91. The summed E-state index contributed by atoms with van der Waals surface area (Å²) in [6, 6.07) is 13.6. The molecule has 262 valence electrons. The molecule has 0 bridgehead atoms. The first-order chi connectivity index (χ1) is 21.5. The normalized spacial score (nSPS) is 18.9. The first kappa shape index (κ1) is 34.9. The molecule has 1 spiro atoms. The zero-order valence-corrected chi connectivity index (χ0v) is 33.9. The molecule has 0 unspecified atom stereocenters. The van der Waals surface area contributed by atoms with Crippen molar-refractivity contribution in [2.24, 2.45) is 0 Å². The summed E-state index contributed by atoms with van der Waals surface area (Å²) in [7, 11) is -4.67. The van der Waals surface area contributed by atoms with Crippen molar-refractivity contribution < 1.29 is 18.1 Å². The topological polar surface area (TPSA) is 40.2 Å². The van der Waals surface area contributed by atoms with E-state index in [1.54, 1.807) is 0 Å². The van der Waals surface area contributed by atoms with E-state index in [4.69, 9.17) is 18.1 Å². The second-order valence-electron chi connectivity index (χ2n) is 20.5. The van der Waals surface area contributed by atoms with Gasteiger partial charge in [-0.1, -0.05) is 0 Å². The third kappa shape index (κ3) is 5.21. The first-order valence-corrected chi connectivity index (χ1v) is 19.5. The molecule has 0 amide bonds. The average Bonchev–Trinajstić information content (AvgIpc) is 3.45. The summed E-state index contributed by atoms with van der Waals surface area (Å²) in [6.07, 6.45) is 0. The molecule has 3 aromatic rings. The van der Waals surface area contributed by atoms with E-state index in [0.717, 1.165) is 39.6 Å². The fraction of sp³-hybridized carbons (Fsp3) is 0.571. The Labute approximate surface area is 291 Å². The van der Waals surface area contributed by atoms with E-state index in [2.05, 4.69) is 166 Å². The molecule has 3 aliphatic heterocycles. The van der Waals surface area contributed by atoms with Crippen LogP contribution in [0, 0.1) is 0 Å². The molecule has 0 aliphatic carbocycles. The number of nitrogens with zero attached hydrogens (tertiary/aromatic N) is 1. The number of hydrogen-bond donors (Lipinski definition) is 0. The van der Waals surface area contributed by atoms with Gasteiger partial charge in [0.05, 0.1) is 0 Å². The number of hydrogen-bond acceptors (Lipinski definition) is 5. The minimum absolute atomic E-state index is 0.104. The maximum atomic E-state index is 7.43. The fourth-order valence-electron chi connectivity index (χ4n) is 6.85. The van der Waals surface area contributed by atoms with Gasteiger partial charge in [-0.05, 0) is 0 Å². The van der Waals surface area contributed by atoms with Crippen LogP contribution in [0.2, 0.25) is 0 Å².